The molecule has 1 aliphatic carbocycles. The lowest BCUT2D eigenvalue weighted by molar-refractivity contribution is -0.137. The molecule has 0 amide bonds. The van der Waals surface area contributed by atoms with E-state index in [1.165, 1.54) is 12.4 Å². The van der Waals surface area contributed by atoms with Gasteiger partial charge in [0.05, 0.1) is 6.20 Å². The van der Waals surface area contributed by atoms with Crippen LogP contribution in [-0.4, -0.2) is 35.3 Å². The number of hydrogen-bond acceptors (Lipinski definition) is 4. The van der Waals surface area contributed by atoms with Crippen molar-refractivity contribution in [2.45, 2.75) is 56.0 Å². The second-order valence-electron chi connectivity index (χ2n) is 5.08. The summed E-state index contributed by atoms with van der Waals surface area (Å²) in [6.45, 7) is -0.348. The highest BCUT2D eigenvalue weighted by Gasteiger charge is 2.22. The first-order valence-electron chi connectivity index (χ1n) is 6.74. The zero-order valence-corrected chi connectivity index (χ0v) is 12.0. The van der Waals surface area contributed by atoms with Crippen molar-refractivity contribution < 1.29 is 18.3 Å². The molecule has 2 N–H and O–H groups in total. The van der Waals surface area contributed by atoms with Crippen LogP contribution in [0.25, 0.3) is 0 Å². The molecule has 1 aliphatic rings. The van der Waals surface area contributed by atoms with Crippen LogP contribution in [0.2, 0.25) is 0 Å². The highest BCUT2D eigenvalue weighted by Crippen LogP contribution is 2.19. The Balaban J connectivity index is 2.05. The number of carbonyl (C=O) groups is 1. The van der Waals surface area contributed by atoms with Crippen LogP contribution in [0.1, 0.15) is 38.5 Å². The summed E-state index contributed by atoms with van der Waals surface area (Å²) in [5.74, 6) is -1.06. The first-order chi connectivity index (χ1) is 9.47. The minimum atomic E-state index is -3.62. The van der Waals surface area contributed by atoms with Crippen molar-refractivity contribution in [2.24, 2.45) is 0 Å². The molecule has 1 saturated carbocycles. The third-order valence-electron chi connectivity index (χ3n) is 3.39. The van der Waals surface area contributed by atoms with Crippen molar-refractivity contribution in [3.63, 3.8) is 0 Å². The van der Waals surface area contributed by atoms with E-state index < -0.39 is 16.0 Å². The zero-order chi connectivity index (χ0) is 14.6. The van der Waals surface area contributed by atoms with Crippen LogP contribution in [0, 0.1) is 0 Å². The molecule has 0 spiro atoms. The molecule has 7 nitrogen and oxygen atoms in total. The number of carboxylic acid groups (broad SMARTS) is 1. The Hall–Kier alpha value is -1.41. The number of nitrogens with zero attached hydrogens (tertiary/aromatic N) is 2. The minimum absolute atomic E-state index is 0.0167. The lowest BCUT2D eigenvalue weighted by atomic mass is 10.1. The predicted molar refractivity (Wildman–Crippen MR) is 71.7 cm³/mol. The molecule has 1 aromatic heterocycles. The predicted octanol–water partition coefficient (Wildman–Crippen LogP) is 0.969. The van der Waals surface area contributed by atoms with E-state index in [2.05, 4.69) is 9.82 Å². The third kappa shape index (κ3) is 4.04. The molecule has 0 saturated heterocycles. The fourth-order valence-electron chi connectivity index (χ4n) is 2.39. The van der Waals surface area contributed by atoms with Crippen LogP contribution in [0.4, 0.5) is 0 Å². The highest BCUT2D eigenvalue weighted by atomic mass is 32.2. The van der Waals surface area contributed by atoms with E-state index in [1.54, 1.807) is 0 Å². The number of nitrogens with one attached hydrogen (secondary N) is 1. The maximum atomic E-state index is 12.2. The molecular formula is C12H19N3O4S. The van der Waals surface area contributed by atoms with Crippen LogP contribution in [-0.2, 0) is 21.4 Å². The zero-order valence-electron chi connectivity index (χ0n) is 11.2. The minimum Gasteiger partial charge on any atom is -0.480 e. The number of sulfonamides is 1. The van der Waals surface area contributed by atoms with Gasteiger partial charge in [-0.25, -0.2) is 13.1 Å². The summed E-state index contributed by atoms with van der Waals surface area (Å²) in [5, 5.41) is 12.4. The van der Waals surface area contributed by atoms with Crippen molar-refractivity contribution in [1.82, 2.24) is 14.5 Å². The smallest absolute Gasteiger partial charge is 0.325 e. The van der Waals surface area contributed by atoms with Gasteiger partial charge in [0, 0.05) is 12.2 Å². The molecule has 0 radical (unpaired) electrons. The summed E-state index contributed by atoms with van der Waals surface area (Å²) in [7, 11) is -3.62. The number of rotatable bonds is 5. The van der Waals surface area contributed by atoms with Gasteiger partial charge in [0.1, 0.15) is 11.4 Å². The first-order valence-corrected chi connectivity index (χ1v) is 8.22. The third-order valence-corrected chi connectivity index (χ3v) is 4.87. The molecule has 0 bridgehead atoms. The summed E-state index contributed by atoms with van der Waals surface area (Å²) in [6.07, 6.45) is 8.49. The second kappa shape index (κ2) is 6.36. The van der Waals surface area contributed by atoms with Crippen LogP contribution in [0.5, 0.6) is 0 Å². The molecule has 2 rings (SSSR count). The van der Waals surface area contributed by atoms with Gasteiger partial charge in [0.25, 0.3) is 0 Å². The van der Waals surface area contributed by atoms with Gasteiger partial charge in [0.2, 0.25) is 10.0 Å². The standard InChI is InChI=1S/C12H19N3O4S/c16-12(17)9-15-8-11(7-13-15)20(18,19)14-10-5-3-1-2-4-6-10/h7-8,10,14H,1-6,9H2,(H,16,17). The Morgan fingerprint density at radius 3 is 2.60 bits per heavy atom. The second-order valence-corrected chi connectivity index (χ2v) is 6.79. The molecule has 20 heavy (non-hydrogen) atoms. The van der Waals surface area contributed by atoms with Crippen molar-refractivity contribution in [3.05, 3.63) is 12.4 Å². The summed E-state index contributed by atoms with van der Waals surface area (Å²) in [4.78, 5) is 10.6. The molecule has 1 fully saturated rings. The van der Waals surface area contributed by atoms with Crippen LogP contribution in [0.15, 0.2) is 17.3 Å². The lowest BCUT2D eigenvalue weighted by Crippen LogP contribution is -2.34. The van der Waals surface area contributed by atoms with E-state index in [0.717, 1.165) is 43.2 Å². The molecule has 0 aromatic carbocycles. The summed E-state index contributed by atoms with van der Waals surface area (Å²) < 4.78 is 28.2. The van der Waals surface area contributed by atoms with Gasteiger partial charge in [-0.15, -0.1) is 0 Å². The largest absolute Gasteiger partial charge is 0.480 e. The number of carboxylic acids is 1. The van der Waals surface area contributed by atoms with Gasteiger partial charge in [-0.05, 0) is 12.8 Å². The molecule has 8 heteroatoms. The monoisotopic (exact) mass is 301 g/mol. The van der Waals surface area contributed by atoms with Crippen molar-refractivity contribution in [1.29, 1.82) is 0 Å². The number of aliphatic carboxylic acids is 1. The van der Waals surface area contributed by atoms with Crippen LogP contribution < -0.4 is 4.72 Å². The van der Waals surface area contributed by atoms with E-state index in [0.29, 0.717) is 0 Å². The average Bonchev–Trinajstić information content (AvgIpc) is 2.67. The van der Waals surface area contributed by atoms with E-state index in [-0.39, 0.29) is 17.5 Å². The molecule has 112 valence electrons. The first kappa shape index (κ1) is 15.0. The van der Waals surface area contributed by atoms with Crippen molar-refractivity contribution in [2.75, 3.05) is 0 Å². The molecule has 0 unspecified atom stereocenters. The lowest BCUT2D eigenvalue weighted by Gasteiger charge is -2.15. The Bertz CT molecular complexity index is 559. The van der Waals surface area contributed by atoms with Gasteiger partial charge in [-0.3, -0.25) is 9.48 Å². The fraction of sp³-hybridized carbons (Fsp3) is 0.667. The highest BCUT2D eigenvalue weighted by molar-refractivity contribution is 7.89. The molecule has 0 atom stereocenters. The Kier molecular flexibility index (Phi) is 4.77. The summed E-state index contributed by atoms with van der Waals surface area (Å²) >= 11 is 0. The van der Waals surface area contributed by atoms with Crippen LogP contribution in [0.3, 0.4) is 0 Å². The van der Waals surface area contributed by atoms with E-state index >= 15 is 0 Å². The van der Waals surface area contributed by atoms with Crippen molar-refractivity contribution >= 4 is 16.0 Å². The molecule has 0 aliphatic heterocycles. The van der Waals surface area contributed by atoms with Gasteiger partial charge < -0.3 is 5.11 Å². The SMILES string of the molecule is O=C(O)Cn1cc(S(=O)(=O)NC2CCCCCC2)cn1. The maximum absolute atomic E-state index is 12.2. The Morgan fingerprint density at radius 2 is 2.00 bits per heavy atom. The van der Waals surface area contributed by atoms with Gasteiger partial charge in [-0.2, -0.15) is 5.10 Å². The number of hydrogen-bond donors (Lipinski definition) is 2. The molecular weight excluding hydrogens is 282 g/mol. The molecule has 1 aromatic rings. The topological polar surface area (TPSA) is 101 Å². The van der Waals surface area contributed by atoms with Gasteiger partial charge >= 0.3 is 5.97 Å². The quantitative estimate of drug-likeness (QED) is 0.789. The van der Waals surface area contributed by atoms with E-state index in [9.17, 15) is 13.2 Å². The fourth-order valence-corrected chi connectivity index (χ4v) is 3.65. The van der Waals surface area contributed by atoms with E-state index in [1.807, 2.05) is 0 Å². The number of aromatic nitrogens is 2. The summed E-state index contributed by atoms with van der Waals surface area (Å²) in [6, 6.07) is -0.0367. The normalized spacial score (nSPS) is 17.8. The maximum Gasteiger partial charge on any atom is 0.325 e. The van der Waals surface area contributed by atoms with Gasteiger partial charge in [-0.1, -0.05) is 25.7 Å². The Morgan fingerprint density at radius 1 is 1.35 bits per heavy atom. The Labute approximate surface area is 118 Å². The van der Waals surface area contributed by atoms with Crippen LogP contribution >= 0.6 is 0 Å². The van der Waals surface area contributed by atoms with E-state index in [4.69, 9.17) is 5.11 Å². The summed E-state index contributed by atoms with van der Waals surface area (Å²) in [5.41, 5.74) is 0. The molecule has 1 heterocycles. The average molecular weight is 301 g/mol. The van der Waals surface area contributed by atoms with Crippen molar-refractivity contribution in [3.8, 4) is 0 Å². The van der Waals surface area contributed by atoms with Gasteiger partial charge in [0.15, 0.2) is 0 Å².